The van der Waals surface area contributed by atoms with Crippen molar-refractivity contribution in [1.29, 1.82) is 0 Å². The van der Waals surface area contributed by atoms with E-state index in [1.807, 2.05) is 48.2 Å². The number of rotatable bonds is 7. The van der Waals surface area contributed by atoms with Gasteiger partial charge in [-0.2, -0.15) is 0 Å². The Bertz CT molecular complexity index is 2330. The van der Waals surface area contributed by atoms with Crippen LogP contribution in [-0.2, 0) is 28.9 Å². The van der Waals surface area contributed by atoms with Gasteiger partial charge in [-0.15, -0.1) is 0 Å². The Kier molecular flexibility index (Phi) is 8.83. The molecule has 0 saturated carbocycles. The smallest absolute Gasteiger partial charge is 0.262 e. The number of aromatic amines is 1. The lowest BCUT2D eigenvalue weighted by atomic mass is 9.71. The van der Waals surface area contributed by atoms with Crippen LogP contribution in [0.4, 0.5) is 23.2 Å². The van der Waals surface area contributed by atoms with E-state index in [0.717, 1.165) is 77.8 Å². The summed E-state index contributed by atoms with van der Waals surface area (Å²) in [6.07, 6.45) is 1.35. The van der Waals surface area contributed by atoms with Crippen molar-refractivity contribution in [3.05, 3.63) is 99.2 Å². The fraction of sp³-hybridized carbons (Fsp3) is 0.455. The van der Waals surface area contributed by atoms with Crippen LogP contribution in [0.5, 0.6) is 0 Å². The van der Waals surface area contributed by atoms with Crippen LogP contribution in [0.3, 0.4) is 0 Å². The molecular weight excluding hydrogens is 753 g/mol. The van der Waals surface area contributed by atoms with Crippen LogP contribution in [0.25, 0.3) is 10.9 Å². The molecule has 14 heteroatoms. The summed E-state index contributed by atoms with van der Waals surface area (Å²) in [5.41, 5.74) is 5.38. The second-order valence-corrected chi connectivity index (χ2v) is 17.5. The molecule has 1 unspecified atom stereocenters. The van der Waals surface area contributed by atoms with Crippen molar-refractivity contribution in [2.45, 2.75) is 76.4 Å². The van der Waals surface area contributed by atoms with Gasteiger partial charge < -0.3 is 14.8 Å². The van der Waals surface area contributed by atoms with Crippen LogP contribution in [-0.4, -0.2) is 101 Å². The van der Waals surface area contributed by atoms with Gasteiger partial charge in [-0.25, -0.2) is 17.6 Å². The molecule has 6 heterocycles. The van der Waals surface area contributed by atoms with Gasteiger partial charge in [-0.3, -0.25) is 34.3 Å². The third kappa shape index (κ3) is 6.04. The van der Waals surface area contributed by atoms with Crippen molar-refractivity contribution in [1.82, 2.24) is 25.0 Å². The third-order valence-electron chi connectivity index (χ3n) is 13.8. The summed E-state index contributed by atoms with van der Waals surface area (Å²) in [6, 6.07) is 11.6. The van der Waals surface area contributed by atoms with Crippen LogP contribution in [0.1, 0.15) is 87.3 Å². The number of piperidine rings is 2. The minimum absolute atomic E-state index is 0.0772. The molecule has 10 rings (SSSR count). The number of imide groups is 2. The number of anilines is 1. The van der Waals surface area contributed by atoms with E-state index in [2.05, 4.69) is 15.2 Å². The highest BCUT2D eigenvalue weighted by molar-refractivity contribution is 6.23. The largest absolute Gasteiger partial charge is 0.371 e. The molecule has 3 fully saturated rings. The molecule has 4 amide bonds. The molecule has 5 aliphatic heterocycles. The Morgan fingerprint density at radius 3 is 2.17 bits per heavy atom. The van der Waals surface area contributed by atoms with Gasteiger partial charge in [-0.05, 0) is 104 Å². The predicted molar refractivity (Wildman–Crippen MR) is 207 cm³/mol. The van der Waals surface area contributed by atoms with Crippen molar-refractivity contribution in [2.75, 3.05) is 44.2 Å². The first-order chi connectivity index (χ1) is 27.9. The molecule has 0 bridgehead atoms. The molecule has 6 aliphatic rings. The molecule has 58 heavy (non-hydrogen) atoms. The molecule has 3 saturated heterocycles. The number of benzene rings is 3. The third-order valence-corrected chi connectivity index (χ3v) is 13.8. The van der Waals surface area contributed by atoms with Crippen molar-refractivity contribution in [3.63, 3.8) is 0 Å². The van der Waals surface area contributed by atoms with Crippen molar-refractivity contribution in [3.8, 4) is 0 Å². The summed E-state index contributed by atoms with van der Waals surface area (Å²) in [7, 11) is 0. The van der Waals surface area contributed by atoms with Gasteiger partial charge in [0, 0.05) is 73.0 Å². The van der Waals surface area contributed by atoms with Crippen molar-refractivity contribution < 1.29 is 36.7 Å². The summed E-state index contributed by atoms with van der Waals surface area (Å²) in [5.74, 6) is -3.15. The summed E-state index contributed by atoms with van der Waals surface area (Å²) >= 11 is 0. The highest BCUT2D eigenvalue weighted by atomic mass is 19.3. The number of nitrogens with one attached hydrogen (secondary N) is 2. The lowest BCUT2D eigenvalue weighted by Gasteiger charge is -2.55. The average molecular weight is 797 g/mol. The monoisotopic (exact) mass is 796 g/mol. The maximum absolute atomic E-state index is 16.3. The second-order valence-electron chi connectivity index (χ2n) is 17.5. The van der Waals surface area contributed by atoms with E-state index in [0.29, 0.717) is 47.9 Å². The molecule has 0 radical (unpaired) electrons. The van der Waals surface area contributed by atoms with Gasteiger partial charge in [0.1, 0.15) is 17.7 Å². The first kappa shape index (κ1) is 37.2. The van der Waals surface area contributed by atoms with E-state index in [1.165, 1.54) is 17.0 Å². The minimum atomic E-state index is -2.67. The Morgan fingerprint density at radius 1 is 0.879 bits per heavy atom. The second kappa shape index (κ2) is 13.8. The molecule has 2 N–H and O–H groups in total. The number of alkyl halides is 2. The lowest BCUT2D eigenvalue weighted by molar-refractivity contribution is -0.136. The standard InChI is InChI=1S/C44H44F4N6O4/c1-23-12-29-28-4-2-3-5-34(28)49-39(29)40(53(23)20-36(47)48)38-32(45)17-27(18-33(38)46)52-10-8-44(9-11-52)21-51(22-44)19-24-13-25-15-30-31(16-26(25)14-24)43(58)54(42(30)57)35-6-7-37(55)50-41(35)56/h2-5,15-18,23-24,35-36,40,49H,6-14,19-22H2,1H3,(H,50,55,56)/t23-,35?,40-/m1/s1. The van der Waals surface area contributed by atoms with E-state index in [1.54, 1.807) is 0 Å². The van der Waals surface area contributed by atoms with Gasteiger partial charge in [0.05, 0.1) is 23.7 Å². The molecule has 4 aromatic rings. The van der Waals surface area contributed by atoms with Crippen molar-refractivity contribution in [2.24, 2.45) is 11.3 Å². The molecule has 3 aromatic carbocycles. The zero-order valence-corrected chi connectivity index (χ0v) is 32.1. The molecular formula is C44H44F4N6O4. The zero-order valence-electron chi connectivity index (χ0n) is 32.1. The summed E-state index contributed by atoms with van der Waals surface area (Å²) in [4.78, 5) is 61.1. The van der Waals surface area contributed by atoms with Crippen LogP contribution < -0.4 is 10.2 Å². The number of halogens is 4. The van der Waals surface area contributed by atoms with E-state index >= 15 is 8.78 Å². The Morgan fingerprint density at radius 2 is 1.53 bits per heavy atom. The number of amides is 4. The first-order valence-electron chi connectivity index (χ1n) is 20.3. The first-order valence-corrected chi connectivity index (χ1v) is 20.3. The van der Waals surface area contributed by atoms with Gasteiger partial charge in [0.15, 0.2) is 0 Å². The maximum atomic E-state index is 16.3. The highest BCUT2D eigenvalue weighted by Crippen LogP contribution is 2.46. The number of carbonyl (C=O) groups is 4. The number of nitrogens with zero attached hydrogens (tertiary/aromatic N) is 4. The topological polar surface area (TPSA) is 109 Å². The normalized spacial score (nSPS) is 24.8. The fourth-order valence-corrected chi connectivity index (χ4v) is 11.0. The molecule has 10 nitrogen and oxygen atoms in total. The Hall–Kier alpha value is -5.08. The van der Waals surface area contributed by atoms with Crippen molar-refractivity contribution >= 4 is 40.2 Å². The molecule has 302 valence electrons. The predicted octanol–water partition coefficient (Wildman–Crippen LogP) is 5.77. The number of likely N-dealkylation sites (tertiary alicyclic amines) is 1. The minimum Gasteiger partial charge on any atom is -0.371 e. The van der Waals surface area contributed by atoms with Gasteiger partial charge in [0.25, 0.3) is 18.2 Å². The number of hydrogen-bond donors (Lipinski definition) is 2. The van der Waals surface area contributed by atoms with Crippen LogP contribution in [0, 0.1) is 23.0 Å². The van der Waals surface area contributed by atoms with E-state index < -0.39 is 60.3 Å². The molecule has 3 atom stereocenters. The highest BCUT2D eigenvalue weighted by Gasteiger charge is 2.48. The number of fused-ring (bicyclic) bond motifs is 5. The van der Waals surface area contributed by atoms with Crippen LogP contribution in [0.15, 0.2) is 48.5 Å². The number of hydrogen-bond acceptors (Lipinski definition) is 7. The molecule has 1 aliphatic carbocycles. The van der Waals surface area contributed by atoms with Crippen LogP contribution >= 0.6 is 0 Å². The van der Waals surface area contributed by atoms with E-state index in [9.17, 15) is 28.0 Å². The lowest BCUT2D eigenvalue weighted by Crippen LogP contribution is -2.61. The number of aromatic nitrogens is 1. The number of H-pyrrole nitrogens is 1. The molecule has 1 spiro atoms. The van der Waals surface area contributed by atoms with E-state index in [-0.39, 0.29) is 29.9 Å². The maximum Gasteiger partial charge on any atom is 0.262 e. The van der Waals surface area contributed by atoms with E-state index in [4.69, 9.17) is 0 Å². The molecule has 1 aromatic heterocycles. The van der Waals surface area contributed by atoms with Crippen LogP contribution in [0.2, 0.25) is 0 Å². The van der Waals surface area contributed by atoms with Gasteiger partial charge in [-0.1, -0.05) is 18.2 Å². The Labute approximate surface area is 332 Å². The average Bonchev–Trinajstić information content (AvgIpc) is 3.82. The summed E-state index contributed by atoms with van der Waals surface area (Å²) in [6.45, 7) is 5.27. The quantitative estimate of drug-likeness (QED) is 0.181. The number of carbonyl (C=O) groups excluding carboxylic acids is 4. The number of para-hydroxylation sites is 1. The fourth-order valence-electron chi connectivity index (χ4n) is 11.0. The summed E-state index contributed by atoms with van der Waals surface area (Å²) in [5, 5.41) is 3.17. The zero-order chi connectivity index (χ0) is 40.2. The summed E-state index contributed by atoms with van der Waals surface area (Å²) < 4.78 is 60.4. The Balaban J connectivity index is 0.778. The van der Waals surface area contributed by atoms with Gasteiger partial charge in [0.2, 0.25) is 11.8 Å². The SMILES string of the molecule is C[C@@H]1Cc2c([nH]c3ccccc23)[C@@H](c2c(F)cc(N3CCC4(CC3)CN(CC3Cc5cc6c(cc5C3)C(=O)N(C3CCC(=O)NC3=O)C6=O)C4)cc2F)N1CC(F)F. The van der Waals surface area contributed by atoms with Gasteiger partial charge >= 0.3 is 0 Å².